The molecule has 0 amide bonds. The van der Waals surface area contributed by atoms with Gasteiger partial charge in [0, 0.05) is 12.8 Å². The van der Waals surface area contributed by atoms with Gasteiger partial charge in [0.1, 0.15) is 36.9 Å². The second-order valence-corrected chi connectivity index (χ2v) is 4.75. The first-order valence-electron chi connectivity index (χ1n) is 6.82. The molecule has 1 aromatic rings. The van der Waals surface area contributed by atoms with E-state index >= 15 is 0 Å². The maximum atomic E-state index is 5.61. The van der Waals surface area contributed by atoms with Crippen LogP contribution in [0.5, 0.6) is 11.5 Å². The highest BCUT2D eigenvalue weighted by Crippen LogP contribution is 2.19. The summed E-state index contributed by atoms with van der Waals surface area (Å²) in [6.07, 6.45) is 2.02. The molecule has 0 spiro atoms. The average molecular weight is 282 g/mol. The Hall–Kier alpha value is -1.34. The molecule has 2 unspecified atom stereocenters. The van der Waals surface area contributed by atoms with E-state index in [4.69, 9.17) is 19.2 Å². The molecule has 1 aromatic carbocycles. The molecule has 2 saturated heterocycles. The molecular formula is C14H18O6. The highest BCUT2D eigenvalue weighted by atomic mass is 17.2. The lowest BCUT2D eigenvalue weighted by atomic mass is 10.2. The summed E-state index contributed by atoms with van der Waals surface area (Å²) < 4.78 is 11.2. The molecule has 0 N–H and O–H groups in total. The lowest BCUT2D eigenvalue weighted by molar-refractivity contribution is -0.425. The third-order valence-electron chi connectivity index (χ3n) is 3.16. The topological polar surface area (TPSA) is 55.4 Å². The zero-order valence-corrected chi connectivity index (χ0v) is 11.2. The fraction of sp³-hybridized carbons (Fsp3) is 0.571. The molecule has 6 nitrogen and oxygen atoms in total. The van der Waals surface area contributed by atoms with Crippen molar-refractivity contribution in [2.45, 2.75) is 25.0 Å². The van der Waals surface area contributed by atoms with Gasteiger partial charge in [-0.05, 0) is 24.3 Å². The van der Waals surface area contributed by atoms with Crippen LogP contribution in [0.2, 0.25) is 0 Å². The zero-order valence-electron chi connectivity index (χ0n) is 11.2. The van der Waals surface area contributed by atoms with E-state index in [2.05, 4.69) is 9.78 Å². The SMILES string of the molecule is c1cc(OCCC2COO2)ccc1OCCC1COO1. The fourth-order valence-electron chi connectivity index (χ4n) is 1.84. The van der Waals surface area contributed by atoms with Crippen molar-refractivity contribution in [1.82, 2.24) is 0 Å². The van der Waals surface area contributed by atoms with Gasteiger partial charge in [-0.15, -0.1) is 0 Å². The molecule has 2 aliphatic heterocycles. The highest BCUT2D eigenvalue weighted by molar-refractivity contribution is 5.31. The molecule has 2 atom stereocenters. The summed E-state index contributed by atoms with van der Waals surface area (Å²) in [7, 11) is 0. The minimum absolute atomic E-state index is 0.176. The van der Waals surface area contributed by atoms with E-state index in [1.54, 1.807) is 0 Å². The van der Waals surface area contributed by atoms with Crippen LogP contribution in [-0.2, 0) is 19.6 Å². The van der Waals surface area contributed by atoms with Crippen LogP contribution in [0.1, 0.15) is 12.8 Å². The average Bonchev–Trinajstić information content (AvgIpc) is 2.37. The molecule has 6 heteroatoms. The fourth-order valence-corrected chi connectivity index (χ4v) is 1.84. The second kappa shape index (κ2) is 6.90. The quantitative estimate of drug-likeness (QED) is 0.679. The lowest BCUT2D eigenvalue weighted by Gasteiger charge is -2.24. The van der Waals surface area contributed by atoms with Gasteiger partial charge in [0.2, 0.25) is 0 Å². The van der Waals surface area contributed by atoms with Crippen LogP contribution in [0.25, 0.3) is 0 Å². The van der Waals surface area contributed by atoms with Crippen molar-refractivity contribution in [3.63, 3.8) is 0 Å². The monoisotopic (exact) mass is 282 g/mol. The van der Waals surface area contributed by atoms with Crippen LogP contribution in [0.3, 0.4) is 0 Å². The normalized spacial score (nSPS) is 24.6. The maximum absolute atomic E-state index is 5.61. The van der Waals surface area contributed by atoms with Crippen LogP contribution in [-0.4, -0.2) is 38.6 Å². The Morgan fingerprint density at radius 3 is 1.50 bits per heavy atom. The van der Waals surface area contributed by atoms with Crippen molar-refractivity contribution >= 4 is 0 Å². The molecular weight excluding hydrogens is 264 g/mol. The summed E-state index contributed by atoms with van der Waals surface area (Å²) in [5, 5.41) is 0. The summed E-state index contributed by atoms with van der Waals surface area (Å²) in [4.78, 5) is 19.0. The van der Waals surface area contributed by atoms with E-state index in [0.717, 1.165) is 24.3 Å². The van der Waals surface area contributed by atoms with Gasteiger partial charge in [-0.1, -0.05) is 0 Å². The van der Waals surface area contributed by atoms with Gasteiger partial charge in [-0.25, -0.2) is 19.6 Å². The van der Waals surface area contributed by atoms with Crippen molar-refractivity contribution in [1.29, 1.82) is 0 Å². The molecule has 0 aromatic heterocycles. The summed E-state index contributed by atoms with van der Waals surface area (Å²) >= 11 is 0. The molecule has 110 valence electrons. The van der Waals surface area contributed by atoms with E-state index in [9.17, 15) is 0 Å². The molecule has 2 aliphatic rings. The van der Waals surface area contributed by atoms with E-state index < -0.39 is 0 Å². The standard InChI is InChI=1S/C14H18O6/c1-2-12(16-8-6-14-10-18-20-14)4-3-11(1)15-7-5-13-9-17-19-13/h1-4,13-14H,5-10H2. The van der Waals surface area contributed by atoms with Crippen LogP contribution >= 0.6 is 0 Å². The molecule has 0 saturated carbocycles. The van der Waals surface area contributed by atoms with Crippen molar-refractivity contribution < 1.29 is 29.0 Å². The van der Waals surface area contributed by atoms with E-state index in [1.165, 1.54) is 0 Å². The van der Waals surface area contributed by atoms with Gasteiger partial charge < -0.3 is 9.47 Å². The third kappa shape index (κ3) is 3.83. The smallest absolute Gasteiger partial charge is 0.123 e. The largest absolute Gasteiger partial charge is 0.493 e. The van der Waals surface area contributed by atoms with Gasteiger partial charge in [0.05, 0.1) is 13.2 Å². The minimum Gasteiger partial charge on any atom is -0.493 e. The first kappa shape index (κ1) is 13.6. The summed E-state index contributed by atoms with van der Waals surface area (Å²) in [5.41, 5.74) is 0. The van der Waals surface area contributed by atoms with Crippen molar-refractivity contribution in [2.75, 3.05) is 26.4 Å². The van der Waals surface area contributed by atoms with E-state index in [1.807, 2.05) is 24.3 Å². The first-order chi connectivity index (χ1) is 9.90. The maximum Gasteiger partial charge on any atom is 0.123 e. The molecule has 0 radical (unpaired) electrons. The molecule has 2 heterocycles. The number of benzene rings is 1. The van der Waals surface area contributed by atoms with Crippen LogP contribution in [0.15, 0.2) is 24.3 Å². The molecule has 3 rings (SSSR count). The number of ether oxygens (including phenoxy) is 2. The summed E-state index contributed by atoms with van der Waals surface area (Å²) in [6.45, 7) is 2.55. The zero-order chi connectivity index (χ0) is 13.6. The molecule has 20 heavy (non-hydrogen) atoms. The van der Waals surface area contributed by atoms with Gasteiger partial charge in [0.15, 0.2) is 0 Å². The predicted octanol–water partition coefficient (Wildman–Crippen LogP) is 1.89. The predicted molar refractivity (Wildman–Crippen MR) is 68.3 cm³/mol. The van der Waals surface area contributed by atoms with Crippen LogP contribution in [0, 0.1) is 0 Å². The van der Waals surface area contributed by atoms with Crippen molar-refractivity contribution in [2.24, 2.45) is 0 Å². The molecule has 0 aliphatic carbocycles. The lowest BCUT2D eigenvalue weighted by Crippen LogP contribution is -2.32. The summed E-state index contributed by atoms with van der Waals surface area (Å²) in [6, 6.07) is 7.60. The van der Waals surface area contributed by atoms with Crippen LogP contribution in [0.4, 0.5) is 0 Å². The number of hydrogen-bond acceptors (Lipinski definition) is 6. The third-order valence-corrected chi connectivity index (χ3v) is 3.16. The van der Waals surface area contributed by atoms with Gasteiger partial charge >= 0.3 is 0 Å². The highest BCUT2D eigenvalue weighted by Gasteiger charge is 2.20. The Kier molecular flexibility index (Phi) is 4.70. The Morgan fingerprint density at radius 1 is 0.800 bits per heavy atom. The molecule has 0 bridgehead atoms. The first-order valence-corrected chi connectivity index (χ1v) is 6.82. The number of hydrogen-bond donors (Lipinski definition) is 0. The Balaban J connectivity index is 1.33. The van der Waals surface area contributed by atoms with Gasteiger partial charge in [-0.2, -0.15) is 0 Å². The number of rotatable bonds is 8. The van der Waals surface area contributed by atoms with E-state index in [0.29, 0.717) is 26.4 Å². The minimum atomic E-state index is 0.176. The van der Waals surface area contributed by atoms with Gasteiger partial charge in [0.25, 0.3) is 0 Å². The van der Waals surface area contributed by atoms with Crippen molar-refractivity contribution in [3.05, 3.63) is 24.3 Å². The second-order valence-electron chi connectivity index (χ2n) is 4.75. The van der Waals surface area contributed by atoms with Crippen LogP contribution < -0.4 is 9.47 Å². The van der Waals surface area contributed by atoms with E-state index in [-0.39, 0.29) is 12.2 Å². The summed E-state index contributed by atoms with van der Waals surface area (Å²) in [5.74, 6) is 1.65. The van der Waals surface area contributed by atoms with Crippen molar-refractivity contribution in [3.8, 4) is 11.5 Å². The van der Waals surface area contributed by atoms with Gasteiger partial charge in [-0.3, -0.25) is 0 Å². The Morgan fingerprint density at radius 2 is 1.20 bits per heavy atom. The Bertz CT molecular complexity index is 360. The Labute approximate surface area is 117 Å². The molecule has 2 fully saturated rings.